The van der Waals surface area contributed by atoms with Crippen LogP contribution in [0.2, 0.25) is 0 Å². The average molecular weight is 634 g/mol. The largest absolute Gasteiger partial charge is 0.492 e. The minimum Gasteiger partial charge on any atom is -0.492 e. The van der Waals surface area contributed by atoms with Crippen LogP contribution in [0.1, 0.15) is 69.8 Å². The Morgan fingerprint density at radius 2 is 1.64 bits per heavy atom. The second kappa shape index (κ2) is 16.9. The van der Waals surface area contributed by atoms with Crippen molar-refractivity contribution >= 4 is 34.5 Å². The lowest BCUT2D eigenvalue weighted by Gasteiger charge is -2.21. The molecule has 0 radical (unpaired) electrons. The van der Waals surface area contributed by atoms with Gasteiger partial charge in [0, 0.05) is 61.6 Å². The fraction of sp³-hybridized carbons (Fsp3) is 0.351. The van der Waals surface area contributed by atoms with Gasteiger partial charge in [0.1, 0.15) is 18.2 Å². The highest BCUT2D eigenvalue weighted by molar-refractivity contribution is 6.01. The van der Waals surface area contributed by atoms with Crippen molar-refractivity contribution in [2.24, 2.45) is 0 Å². The Hall–Kier alpha value is -5.30. The summed E-state index contributed by atoms with van der Waals surface area (Å²) in [5.41, 5.74) is 2.71. The molecule has 1 aliphatic rings. The number of para-hydroxylation sites is 1. The van der Waals surface area contributed by atoms with Crippen molar-refractivity contribution in [2.45, 2.75) is 64.2 Å². The molecule has 0 saturated carbocycles. The van der Waals surface area contributed by atoms with Crippen molar-refractivity contribution in [3.8, 4) is 29.0 Å². The van der Waals surface area contributed by atoms with Crippen LogP contribution in [-0.4, -0.2) is 58.0 Å². The average Bonchev–Trinajstić information content (AvgIpc) is 3.41. The number of carbonyl (C=O) groups excluding carboxylic acids is 3. The Labute approximate surface area is 275 Å². The number of rotatable bonds is 15. The number of hydrogen-bond donors (Lipinski definition) is 0. The van der Waals surface area contributed by atoms with E-state index in [1.807, 2.05) is 67.7 Å². The smallest absolute Gasteiger partial charge is 0.333 e. The molecule has 5 rings (SSSR count). The predicted molar refractivity (Wildman–Crippen MR) is 179 cm³/mol. The van der Waals surface area contributed by atoms with Crippen molar-refractivity contribution < 1.29 is 24.0 Å². The van der Waals surface area contributed by atoms with Crippen molar-refractivity contribution in [1.82, 2.24) is 20.0 Å². The number of ether oxygens (including phenoxy) is 1. The van der Waals surface area contributed by atoms with E-state index in [1.165, 1.54) is 0 Å². The van der Waals surface area contributed by atoms with Crippen molar-refractivity contribution in [2.75, 3.05) is 25.1 Å². The van der Waals surface area contributed by atoms with Crippen LogP contribution in [0.25, 0.3) is 22.3 Å². The molecule has 0 unspecified atom stereocenters. The molecule has 242 valence electrons. The first-order valence-electron chi connectivity index (χ1n) is 16.1. The Bertz CT molecular complexity index is 1720. The first-order chi connectivity index (χ1) is 23.0. The minimum atomic E-state index is -0.528. The van der Waals surface area contributed by atoms with Gasteiger partial charge in [0.15, 0.2) is 5.82 Å². The number of fused-ring (bicyclic) bond motifs is 1. The number of aromatic nitrogens is 3. The number of likely N-dealkylation sites (N-methyl/N-ethyl adjacent to an activating group) is 1. The van der Waals surface area contributed by atoms with E-state index >= 15 is 0 Å². The summed E-state index contributed by atoms with van der Waals surface area (Å²) in [6.45, 7) is 1.14. The third kappa shape index (κ3) is 9.60. The first-order valence-corrected chi connectivity index (χ1v) is 16.1. The van der Waals surface area contributed by atoms with Gasteiger partial charge in [-0.25, -0.2) is 14.8 Å². The van der Waals surface area contributed by atoms with Crippen LogP contribution in [0.4, 0.5) is 5.82 Å². The molecule has 1 saturated heterocycles. The molecule has 4 aromatic rings. The van der Waals surface area contributed by atoms with Crippen LogP contribution in [0.5, 0.6) is 5.75 Å². The molecule has 1 fully saturated rings. The van der Waals surface area contributed by atoms with Crippen LogP contribution in [0, 0.1) is 11.8 Å². The fourth-order valence-electron chi connectivity index (χ4n) is 5.18. The van der Waals surface area contributed by atoms with E-state index < -0.39 is 17.8 Å². The van der Waals surface area contributed by atoms with Crippen molar-refractivity contribution in [1.29, 1.82) is 0 Å². The maximum Gasteiger partial charge on any atom is 0.333 e. The topological polar surface area (TPSA) is 115 Å². The molecule has 10 heteroatoms. The summed E-state index contributed by atoms with van der Waals surface area (Å²) in [5, 5.41) is 1.59. The molecule has 2 aromatic carbocycles. The Morgan fingerprint density at radius 1 is 0.894 bits per heavy atom. The van der Waals surface area contributed by atoms with Crippen LogP contribution < -0.4 is 9.64 Å². The van der Waals surface area contributed by atoms with Crippen LogP contribution in [0.3, 0.4) is 0 Å². The molecule has 0 aliphatic carbocycles. The molecule has 0 bridgehead atoms. The highest BCUT2D eigenvalue weighted by Gasteiger charge is 2.32. The number of anilines is 1. The van der Waals surface area contributed by atoms with Crippen molar-refractivity contribution in [3.05, 3.63) is 78.6 Å². The molecule has 2 amide bonds. The van der Waals surface area contributed by atoms with E-state index in [4.69, 9.17) is 19.5 Å². The second-order valence-electron chi connectivity index (χ2n) is 11.4. The third-order valence-electron chi connectivity index (χ3n) is 7.78. The maximum absolute atomic E-state index is 11.8. The lowest BCUT2D eigenvalue weighted by Crippen LogP contribution is -2.31. The molecule has 0 atom stereocenters. The molecule has 10 nitrogen and oxygen atoms in total. The third-order valence-corrected chi connectivity index (χ3v) is 7.78. The summed E-state index contributed by atoms with van der Waals surface area (Å²) in [6, 6.07) is 19.7. The lowest BCUT2D eigenvalue weighted by atomic mass is 10.1. The zero-order valence-corrected chi connectivity index (χ0v) is 26.7. The number of hydroxylamine groups is 2. The lowest BCUT2D eigenvalue weighted by molar-refractivity contribution is -0.197. The van der Waals surface area contributed by atoms with Gasteiger partial charge in [-0.3, -0.25) is 14.6 Å². The summed E-state index contributed by atoms with van der Waals surface area (Å²) in [5.74, 6) is 7.34. The number of benzene rings is 2. The standard InChI is InChI=1S/C37H39N5O5/c1-41(37-31-15-10-11-16-32(31)39-36(40-37)29-14-12-24-38-27-29)25-26-46-30-20-18-28(19-21-30)13-8-6-4-2-3-5-7-9-17-35(45)47-42-33(43)22-23-34(42)44/h10-12,14-16,18-21,24,27H,2-7,9,17,22-23,25-26H2,1H3. The summed E-state index contributed by atoms with van der Waals surface area (Å²) in [7, 11) is 2.01. The normalized spacial score (nSPS) is 12.6. The monoisotopic (exact) mass is 633 g/mol. The number of imide groups is 1. The Balaban J connectivity index is 0.973. The maximum atomic E-state index is 11.8. The van der Waals surface area contributed by atoms with Gasteiger partial charge < -0.3 is 14.5 Å². The molecule has 1 aliphatic heterocycles. The van der Waals surface area contributed by atoms with E-state index in [0.29, 0.717) is 30.5 Å². The van der Waals surface area contributed by atoms with Gasteiger partial charge in [-0.15, -0.1) is 5.06 Å². The van der Waals surface area contributed by atoms with Crippen molar-refractivity contribution in [3.63, 3.8) is 0 Å². The Kier molecular flexibility index (Phi) is 11.9. The summed E-state index contributed by atoms with van der Waals surface area (Å²) < 4.78 is 6.03. The molecule has 0 spiro atoms. The van der Waals surface area contributed by atoms with Gasteiger partial charge in [-0.05, 0) is 61.4 Å². The number of pyridine rings is 1. The van der Waals surface area contributed by atoms with Crippen LogP contribution >= 0.6 is 0 Å². The van der Waals surface area contributed by atoms with Gasteiger partial charge >= 0.3 is 5.97 Å². The zero-order chi connectivity index (χ0) is 32.8. The molecule has 2 aromatic heterocycles. The van der Waals surface area contributed by atoms with E-state index in [-0.39, 0.29) is 19.3 Å². The second-order valence-corrected chi connectivity index (χ2v) is 11.4. The zero-order valence-electron chi connectivity index (χ0n) is 26.7. The van der Waals surface area contributed by atoms with Gasteiger partial charge in [-0.2, -0.15) is 0 Å². The molecule has 0 N–H and O–H groups in total. The molecule has 3 heterocycles. The number of unbranched alkanes of at least 4 members (excludes halogenated alkanes) is 6. The van der Waals surface area contributed by atoms with E-state index in [0.717, 1.165) is 72.1 Å². The first kappa shape index (κ1) is 33.1. The number of hydrogen-bond acceptors (Lipinski definition) is 9. The van der Waals surface area contributed by atoms with Crippen LogP contribution in [-0.2, 0) is 19.2 Å². The number of nitrogens with zero attached hydrogens (tertiary/aromatic N) is 5. The molecular weight excluding hydrogens is 594 g/mol. The summed E-state index contributed by atoms with van der Waals surface area (Å²) in [4.78, 5) is 55.6. The number of amides is 2. The quantitative estimate of drug-likeness (QED) is 0.0847. The summed E-state index contributed by atoms with van der Waals surface area (Å²) >= 11 is 0. The number of carbonyl (C=O) groups is 3. The SMILES string of the molecule is CN(CCOc1ccc(C#CCCCCCCCCC(=O)ON2C(=O)CCC2=O)cc1)c1nc(-c2cccnc2)nc2ccccc12. The van der Waals surface area contributed by atoms with Gasteiger partial charge in [-0.1, -0.05) is 49.7 Å². The van der Waals surface area contributed by atoms with Gasteiger partial charge in [0.2, 0.25) is 0 Å². The Morgan fingerprint density at radius 3 is 2.40 bits per heavy atom. The fourth-order valence-corrected chi connectivity index (χ4v) is 5.18. The highest BCUT2D eigenvalue weighted by atomic mass is 16.7. The van der Waals surface area contributed by atoms with E-state index in [2.05, 4.69) is 21.7 Å². The highest BCUT2D eigenvalue weighted by Crippen LogP contribution is 2.26. The minimum absolute atomic E-state index is 0.108. The summed E-state index contributed by atoms with van der Waals surface area (Å²) in [6.07, 6.45) is 10.5. The molecule has 47 heavy (non-hydrogen) atoms. The predicted octanol–water partition coefficient (Wildman–Crippen LogP) is 6.29. The van der Waals surface area contributed by atoms with Gasteiger partial charge in [0.25, 0.3) is 11.8 Å². The van der Waals surface area contributed by atoms with Crippen LogP contribution in [0.15, 0.2) is 73.1 Å². The molecular formula is C37H39N5O5. The van der Waals surface area contributed by atoms with E-state index in [1.54, 1.807) is 12.4 Å². The van der Waals surface area contributed by atoms with E-state index in [9.17, 15) is 14.4 Å². The van der Waals surface area contributed by atoms with Gasteiger partial charge in [0.05, 0.1) is 12.1 Å².